The Bertz CT molecular complexity index is 413. The molecule has 0 atom stereocenters. The summed E-state index contributed by atoms with van der Waals surface area (Å²) in [5.74, 6) is 0.871. The summed E-state index contributed by atoms with van der Waals surface area (Å²) in [4.78, 5) is 4.31. The maximum Gasteiger partial charge on any atom is 0.195 e. The number of nitrogens with one attached hydrogen (secondary N) is 2. The number of benzene rings is 1. The van der Waals surface area contributed by atoms with Gasteiger partial charge in [-0.3, -0.25) is 4.99 Å². The fourth-order valence-electron chi connectivity index (χ4n) is 1.55. The Morgan fingerprint density at radius 3 is 2.87 bits per heavy atom. The molecular weight excluding hydrogens is 254 g/mol. The molecule has 0 saturated heterocycles. The van der Waals surface area contributed by atoms with E-state index < -0.39 is 0 Å². The molecule has 0 saturated carbocycles. The van der Waals surface area contributed by atoms with Gasteiger partial charge in [-0.1, -0.05) is 15.9 Å². The number of halogens is 1. The van der Waals surface area contributed by atoms with Gasteiger partial charge in [0.2, 0.25) is 0 Å². The average molecular weight is 268 g/mol. The fraction of sp³-hybridized carbons (Fsp3) is 0.364. The van der Waals surface area contributed by atoms with Crippen LogP contribution in [0.4, 0.5) is 5.69 Å². The van der Waals surface area contributed by atoms with E-state index in [1.807, 2.05) is 0 Å². The fourth-order valence-corrected chi connectivity index (χ4v) is 2.13. The molecular formula is C11H14BrN3. The average Bonchev–Trinajstić information content (AvgIpc) is 2.66. The standard InChI is InChI=1S/C11H14BrN3/c1-7-5-9(12)6-10(8(7)2)15-11-13-3-4-14-11/h5-6H,3-4H2,1-2H3,(H2,13,14,15). The second-order valence-corrected chi connectivity index (χ2v) is 4.59. The second kappa shape index (κ2) is 4.23. The van der Waals surface area contributed by atoms with Crippen molar-refractivity contribution < 1.29 is 0 Å². The Balaban J connectivity index is 2.27. The molecule has 0 fully saturated rings. The van der Waals surface area contributed by atoms with Gasteiger partial charge in [0.1, 0.15) is 0 Å². The van der Waals surface area contributed by atoms with Crippen molar-refractivity contribution in [1.29, 1.82) is 0 Å². The first-order valence-corrected chi connectivity index (χ1v) is 5.78. The van der Waals surface area contributed by atoms with E-state index in [1.54, 1.807) is 0 Å². The normalized spacial score (nSPS) is 14.7. The summed E-state index contributed by atoms with van der Waals surface area (Å²) < 4.78 is 1.09. The summed E-state index contributed by atoms with van der Waals surface area (Å²) >= 11 is 3.50. The van der Waals surface area contributed by atoms with Crippen LogP contribution in [-0.4, -0.2) is 19.0 Å². The summed E-state index contributed by atoms with van der Waals surface area (Å²) in [6, 6.07) is 4.19. The minimum Gasteiger partial charge on any atom is -0.354 e. The van der Waals surface area contributed by atoms with Crippen molar-refractivity contribution >= 4 is 27.6 Å². The third-order valence-corrected chi connectivity index (χ3v) is 3.02. The highest BCUT2D eigenvalue weighted by atomic mass is 79.9. The first kappa shape index (κ1) is 10.5. The van der Waals surface area contributed by atoms with Gasteiger partial charge in [-0.15, -0.1) is 0 Å². The maximum absolute atomic E-state index is 4.31. The number of aryl methyl sites for hydroxylation is 1. The lowest BCUT2D eigenvalue weighted by molar-refractivity contribution is 0.959. The third-order valence-electron chi connectivity index (χ3n) is 2.56. The van der Waals surface area contributed by atoms with Crippen LogP contribution in [0, 0.1) is 13.8 Å². The lowest BCUT2D eigenvalue weighted by Gasteiger charge is -2.12. The molecule has 0 unspecified atom stereocenters. The summed E-state index contributed by atoms with van der Waals surface area (Å²) in [7, 11) is 0. The topological polar surface area (TPSA) is 36.4 Å². The molecule has 15 heavy (non-hydrogen) atoms. The molecule has 1 heterocycles. The van der Waals surface area contributed by atoms with Crippen LogP contribution in [0.15, 0.2) is 21.6 Å². The zero-order valence-corrected chi connectivity index (χ0v) is 10.5. The van der Waals surface area contributed by atoms with Crippen LogP contribution in [0.5, 0.6) is 0 Å². The van der Waals surface area contributed by atoms with Crippen LogP contribution >= 0.6 is 15.9 Å². The van der Waals surface area contributed by atoms with Gasteiger partial charge in [0, 0.05) is 16.7 Å². The molecule has 0 amide bonds. The zero-order valence-electron chi connectivity index (χ0n) is 8.89. The Labute approximate surface area is 98.1 Å². The molecule has 80 valence electrons. The predicted molar refractivity (Wildman–Crippen MR) is 67.5 cm³/mol. The van der Waals surface area contributed by atoms with Crippen LogP contribution in [-0.2, 0) is 0 Å². The summed E-state index contributed by atoms with van der Waals surface area (Å²) in [6.07, 6.45) is 0. The van der Waals surface area contributed by atoms with E-state index in [1.165, 1.54) is 11.1 Å². The third kappa shape index (κ3) is 2.31. The first-order valence-electron chi connectivity index (χ1n) is 4.99. The van der Waals surface area contributed by atoms with E-state index >= 15 is 0 Å². The first-order chi connectivity index (χ1) is 7.16. The van der Waals surface area contributed by atoms with E-state index in [9.17, 15) is 0 Å². The molecule has 0 radical (unpaired) electrons. The van der Waals surface area contributed by atoms with Crippen molar-refractivity contribution in [2.24, 2.45) is 4.99 Å². The van der Waals surface area contributed by atoms with Gasteiger partial charge in [-0.25, -0.2) is 0 Å². The largest absolute Gasteiger partial charge is 0.354 e. The predicted octanol–water partition coefficient (Wildman–Crippen LogP) is 2.44. The molecule has 0 spiro atoms. The van der Waals surface area contributed by atoms with Crippen LogP contribution < -0.4 is 10.6 Å². The van der Waals surface area contributed by atoms with Gasteiger partial charge in [-0.05, 0) is 37.1 Å². The van der Waals surface area contributed by atoms with Crippen molar-refractivity contribution in [1.82, 2.24) is 5.32 Å². The number of hydrogen-bond acceptors (Lipinski definition) is 3. The van der Waals surface area contributed by atoms with Crippen molar-refractivity contribution in [3.63, 3.8) is 0 Å². The number of anilines is 1. The van der Waals surface area contributed by atoms with Gasteiger partial charge in [0.25, 0.3) is 0 Å². The highest BCUT2D eigenvalue weighted by Crippen LogP contribution is 2.24. The Morgan fingerprint density at radius 1 is 1.40 bits per heavy atom. The van der Waals surface area contributed by atoms with Gasteiger partial charge in [0.05, 0.1) is 6.54 Å². The van der Waals surface area contributed by atoms with E-state index in [4.69, 9.17) is 0 Å². The molecule has 4 heteroatoms. The van der Waals surface area contributed by atoms with E-state index in [0.717, 1.165) is 29.2 Å². The van der Waals surface area contributed by atoms with Crippen LogP contribution in [0.2, 0.25) is 0 Å². The monoisotopic (exact) mass is 267 g/mol. The van der Waals surface area contributed by atoms with Crippen molar-refractivity contribution in [3.8, 4) is 0 Å². The quantitative estimate of drug-likeness (QED) is 0.820. The molecule has 2 rings (SSSR count). The second-order valence-electron chi connectivity index (χ2n) is 3.68. The summed E-state index contributed by atoms with van der Waals surface area (Å²) in [5.41, 5.74) is 3.63. The Morgan fingerprint density at radius 2 is 2.20 bits per heavy atom. The molecule has 0 aliphatic carbocycles. The van der Waals surface area contributed by atoms with Gasteiger partial charge in [0.15, 0.2) is 5.96 Å². The van der Waals surface area contributed by atoms with E-state index in [2.05, 4.69) is 57.5 Å². The van der Waals surface area contributed by atoms with Crippen molar-refractivity contribution in [3.05, 3.63) is 27.7 Å². The van der Waals surface area contributed by atoms with Crippen LogP contribution in [0.25, 0.3) is 0 Å². The molecule has 1 aromatic carbocycles. The lowest BCUT2D eigenvalue weighted by Crippen LogP contribution is -2.26. The SMILES string of the molecule is Cc1cc(Br)cc(NC2=NCCN2)c1C. The van der Waals surface area contributed by atoms with Crippen molar-refractivity contribution in [2.75, 3.05) is 18.4 Å². The van der Waals surface area contributed by atoms with Gasteiger partial charge in [-0.2, -0.15) is 0 Å². The van der Waals surface area contributed by atoms with Crippen molar-refractivity contribution in [2.45, 2.75) is 13.8 Å². The van der Waals surface area contributed by atoms with Gasteiger partial charge >= 0.3 is 0 Å². The molecule has 1 aliphatic heterocycles. The molecule has 0 bridgehead atoms. The highest BCUT2D eigenvalue weighted by Gasteiger charge is 2.08. The van der Waals surface area contributed by atoms with Gasteiger partial charge < -0.3 is 10.6 Å². The minimum atomic E-state index is 0.856. The number of nitrogens with zero attached hydrogens (tertiary/aromatic N) is 1. The minimum absolute atomic E-state index is 0.856. The molecule has 3 nitrogen and oxygen atoms in total. The maximum atomic E-state index is 4.31. The Kier molecular flexibility index (Phi) is 2.95. The Hall–Kier alpha value is -1.03. The van der Waals surface area contributed by atoms with Crippen LogP contribution in [0.3, 0.4) is 0 Å². The number of aliphatic imine (C=N–C) groups is 1. The zero-order chi connectivity index (χ0) is 10.8. The molecule has 0 aromatic heterocycles. The smallest absolute Gasteiger partial charge is 0.195 e. The lowest BCUT2D eigenvalue weighted by atomic mass is 10.1. The summed E-state index contributed by atoms with van der Waals surface area (Å²) in [6.45, 7) is 6.00. The van der Waals surface area contributed by atoms with E-state index in [-0.39, 0.29) is 0 Å². The summed E-state index contributed by atoms with van der Waals surface area (Å²) in [5, 5.41) is 6.49. The molecule has 1 aromatic rings. The van der Waals surface area contributed by atoms with Crippen LogP contribution in [0.1, 0.15) is 11.1 Å². The highest BCUT2D eigenvalue weighted by molar-refractivity contribution is 9.10. The molecule has 1 aliphatic rings. The van der Waals surface area contributed by atoms with E-state index in [0.29, 0.717) is 0 Å². The number of rotatable bonds is 1. The molecule has 2 N–H and O–H groups in total. The number of guanidine groups is 1. The number of hydrogen-bond donors (Lipinski definition) is 2.